The Kier molecular flexibility index (Phi) is 2.63. The van der Waals surface area contributed by atoms with E-state index >= 15 is 0 Å². The number of hydrogen-bond acceptors (Lipinski definition) is 4. The molecule has 0 radical (unpaired) electrons. The minimum Gasteiger partial charge on any atom is -0.302 e. The maximum absolute atomic E-state index is 12.3. The minimum atomic E-state index is -0.622. The summed E-state index contributed by atoms with van der Waals surface area (Å²) in [5.74, 6) is -0.717. The maximum atomic E-state index is 12.3. The summed E-state index contributed by atoms with van der Waals surface area (Å²) in [6.07, 6.45) is 5.31. The van der Waals surface area contributed by atoms with Gasteiger partial charge in [0.15, 0.2) is 0 Å². The molecule has 0 aliphatic carbocycles. The molecule has 0 bridgehead atoms. The van der Waals surface area contributed by atoms with Gasteiger partial charge in [-0.25, -0.2) is 0 Å². The Balaban J connectivity index is 2.11. The van der Waals surface area contributed by atoms with Crippen molar-refractivity contribution in [3.05, 3.63) is 41.1 Å². The van der Waals surface area contributed by atoms with Crippen LogP contribution < -0.4 is 10.9 Å². The number of carbonyl (C=O) groups is 2. The van der Waals surface area contributed by atoms with Crippen molar-refractivity contribution in [3.8, 4) is 0 Å². The van der Waals surface area contributed by atoms with Crippen LogP contribution in [0.1, 0.15) is 18.9 Å². The highest BCUT2D eigenvalue weighted by atomic mass is 16.2. The molecule has 3 heterocycles. The number of hydrogen-bond donors (Lipinski definition) is 1. The van der Waals surface area contributed by atoms with E-state index in [0.717, 1.165) is 5.39 Å². The Bertz CT molecular complexity index is 735. The van der Waals surface area contributed by atoms with Gasteiger partial charge in [-0.2, -0.15) is 0 Å². The van der Waals surface area contributed by atoms with E-state index in [4.69, 9.17) is 0 Å². The average molecular weight is 257 g/mol. The molecule has 1 aliphatic heterocycles. The van der Waals surface area contributed by atoms with Crippen LogP contribution in [0.5, 0.6) is 0 Å². The van der Waals surface area contributed by atoms with Gasteiger partial charge >= 0.3 is 0 Å². The summed E-state index contributed by atoms with van der Waals surface area (Å²) in [5.41, 5.74) is -0.241. The highest BCUT2D eigenvalue weighted by Crippen LogP contribution is 2.18. The first-order valence-electron chi connectivity index (χ1n) is 5.95. The average Bonchev–Trinajstić information content (AvgIpc) is 2.41. The third-order valence-corrected chi connectivity index (χ3v) is 3.28. The van der Waals surface area contributed by atoms with Crippen LogP contribution in [0.4, 0.5) is 0 Å². The first-order valence-corrected chi connectivity index (χ1v) is 5.95. The number of nitrogens with zero attached hydrogens (tertiary/aromatic N) is 2. The lowest BCUT2D eigenvalue weighted by Crippen LogP contribution is -2.44. The van der Waals surface area contributed by atoms with Crippen molar-refractivity contribution in [1.29, 1.82) is 0 Å². The van der Waals surface area contributed by atoms with Gasteiger partial charge in [0.2, 0.25) is 11.8 Å². The molecule has 19 heavy (non-hydrogen) atoms. The van der Waals surface area contributed by atoms with Crippen LogP contribution in [0, 0.1) is 0 Å². The molecule has 2 aromatic rings. The fraction of sp³-hybridized carbons (Fsp3) is 0.231. The summed E-state index contributed by atoms with van der Waals surface area (Å²) in [6, 6.07) is 2.75. The number of pyridine rings is 2. The standard InChI is InChI=1S/C13H11N3O3/c17-11-2-1-10(12(18)15-11)16-6-4-8-7-14-5-3-9(8)13(16)19/h3-7,10H,1-2H2,(H,15,17,18). The van der Waals surface area contributed by atoms with E-state index in [1.807, 2.05) is 0 Å². The van der Waals surface area contributed by atoms with E-state index in [0.29, 0.717) is 11.8 Å². The molecule has 1 fully saturated rings. The molecule has 3 rings (SSSR count). The minimum absolute atomic E-state index is 0.241. The molecule has 1 atom stereocenters. The Labute approximate surface area is 108 Å². The summed E-state index contributed by atoms with van der Waals surface area (Å²) >= 11 is 0. The lowest BCUT2D eigenvalue weighted by molar-refractivity contribution is -0.135. The molecular formula is C13H11N3O3. The molecular weight excluding hydrogens is 246 g/mol. The summed E-state index contributed by atoms with van der Waals surface area (Å²) in [5, 5.41) is 3.50. The van der Waals surface area contributed by atoms with Crippen molar-refractivity contribution in [2.45, 2.75) is 18.9 Å². The predicted octanol–water partition coefficient (Wildman–Crippen LogP) is 0.374. The van der Waals surface area contributed by atoms with Gasteiger partial charge in [-0.15, -0.1) is 0 Å². The first-order chi connectivity index (χ1) is 9.16. The van der Waals surface area contributed by atoms with Gasteiger partial charge in [0.05, 0.1) is 5.39 Å². The quantitative estimate of drug-likeness (QED) is 0.748. The Hall–Kier alpha value is -2.50. The van der Waals surface area contributed by atoms with E-state index in [1.165, 1.54) is 4.57 Å². The monoisotopic (exact) mass is 257 g/mol. The van der Waals surface area contributed by atoms with Crippen LogP contribution in [-0.2, 0) is 9.59 Å². The fourth-order valence-electron chi connectivity index (χ4n) is 2.29. The Morgan fingerprint density at radius 1 is 1.26 bits per heavy atom. The second kappa shape index (κ2) is 4.31. The van der Waals surface area contributed by atoms with Crippen molar-refractivity contribution >= 4 is 22.6 Å². The molecule has 6 nitrogen and oxygen atoms in total. The Morgan fingerprint density at radius 3 is 2.89 bits per heavy atom. The highest BCUT2D eigenvalue weighted by molar-refractivity contribution is 5.99. The molecule has 1 aliphatic rings. The number of piperidine rings is 1. The van der Waals surface area contributed by atoms with Crippen LogP contribution >= 0.6 is 0 Å². The zero-order chi connectivity index (χ0) is 13.4. The molecule has 2 aromatic heterocycles. The Morgan fingerprint density at radius 2 is 2.11 bits per heavy atom. The van der Waals surface area contributed by atoms with Crippen LogP contribution in [0.15, 0.2) is 35.5 Å². The molecule has 2 amide bonds. The molecule has 1 saturated heterocycles. The molecule has 1 N–H and O–H groups in total. The highest BCUT2D eigenvalue weighted by Gasteiger charge is 2.28. The molecule has 1 unspecified atom stereocenters. The number of aromatic nitrogens is 2. The van der Waals surface area contributed by atoms with E-state index < -0.39 is 11.9 Å². The fourth-order valence-corrected chi connectivity index (χ4v) is 2.29. The van der Waals surface area contributed by atoms with Crippen LogP contribution in [-0.4, -0.2) is 21.4 Å². The molecule has 96 valence electrons. The number of nitrogens with one attached hydrogen (secondary N) is 1. The molecule has 0 spiro atoms. The molecule has 6 heteroatoms. The molecule has 0 saturated carbocycles. The SMILES string of the molecule is O=C1CCC(n2ccc3cnccc3c2=O)C(=O)N1. The van der Waals surface area contributed by atoms with Gasteiger partial charge in [-0.1, -0.05) is 0 Å². The number of carbonyl (C=O) groups excluding carboxylic acids is 2. The van der Waals surface area contributed by atoms with Crippen molar-refractivity contribution in [3.63, 3.8) is 0 Å². The predicted molar refractivity (Wildman–Crippen MR) is 67.4 cm³/mol. The van der Waals surface area contributed by atoms with Gasteiger partial charge < -0.3 is 4.57 Å². The summed E-state index contributed by atoms with van der Waals surface area (Å²) in [7, 11) is 0. The van der Waals surface area contributed by atoms with E-state index in [9.17, 15) is 14.4 Å². The lowest BCUT2D eigenvalue weighted by Gasteiger charge is -2.22. The van der Waals surface area contributed by atoms with Crippen molar-refractivity contribution < 1.29 is 9.59 Å². The lowest BCUT2D eigenvalue weighted by atomic mass is 10.1. The first kappa shape index (κ1) is 11.6. The third-order valence-electron chi connectivity index (χ3n) is 3.28. The second-order valence-corrected chi connectivity index (χ2v) is 4.46. The summed E-state index contributed by atoms with van der Waals surface area (Å²) < 4.78 is 1.38. The van der Waals surface area contributed by atoms with Gasteiger partial charge in [-0.05, 0) is 18.6 Å². The number of imide groups is 1. The van der Waals surface area contributed by atoms with Crippen LogP contribution in [0.2, 0.25) is 0 Å². The van der Waals surface area contributed by atoms with Crippen molar-refractivity contribution in [2.24, 2.45) is 0 Å². The van der Waals surface area contributed by atoms with E-state index in [2.05, 4.69) is 10.3 Å². The largest absolute Gasteiger partial charge is 0.302 e. The van der Waals surface area contributed by atoms with Crippen LogP contribution in [0.25, 0.3) is 10.8 Å². The summed E-state index contributed by atoms with van der Waals surface area (Å²) in [4.78, 5) is 39.2. The van der Waals surface area contributed by atoms with Gasteiger partial charge in [0, 0.05) is 30.4 Å². The molecule has 0 aromatic carbocycles. The van der Waals surface area contributed by atoms with E-state index in [1.54, 1.807) is 30.7 Å². The smallest absolute Gasteiger partial charge is 0.259 e. The normalized spacial score (nSPS) is 19.5. The van der Waals surface area contributed by atoms with Crippen LogP contribution in [0.3, 0.4) is 0 Å². The van der Waals surface area contributed by atoms with Crippen molar-refractivity contribution in [1.82, 2.24) is 14.9 Å². The maximum Gasteiger partial charge on any atom is 0.259 e. The third kappa shape index (κ3) is 1.91. The van der Waals surface area contributed by atoms with Gasteiger partial charge in [0.1, 0.15) is 6.04 Å². The van der Waals surface area contributed by atoms with E-state index in [-0.39, 0.29) is 17.9 Å². The zero-order valence-corrected chi connectivity index (χ0v) is 10.00. The summed E-state index contributed by atoms with van der Waals surface area (Å²) in [6.45, 7) is 0. The number of amides is 2. The number of fused-ring (bicyclic) bond motifs is 1. The second-order valence-electron chi connectivity index (χ2n) is 4.46. The zero-order valence-electron chi connectivity index (χ0n) is 10.00. The van der Waals surface area contributed by atoms with Gasteiger partial charge in [0.25, 0.3) is 5.56 Å². The topological polar surface area (TPSA) is 81.1 Å². The number of rotatable bonds is 1. The van der Waals surface area contributed by atoms with Crippen molar-refractivity contribution in [2.75, 3.05) is 0 Å². The van der Waals surface area contributed by atoms with Gasteiger partial charge in [-0.3, -0.25) is 24.7 Å².